The van der Waals surface area contributed by atoms with Crippen LogP contribution in [0.2, 0.25) is 0 Å². The molecule has 17 heavy (non-hydrogen) atoms. The minimum atomic E-state index is -0.434. The van der Waals surface area contributed by atoms with Crippen molar-refractivity contribution in [3.05, 3.63) is 30.5 Å². The van der Waals surface area contributed by atoms with Crippen LogP contribution < -0.4 is 5.73 Å². The molecule has 7 heteroatoms. The van der Waals surface area contributed by atoms with Gasteiger partial charge in [-0.3, -0.25) is 10.1 Å². The third-order valence-electron chi connectivity index (χ3n) is 2.31. The molecule has 3 N–H and O–H groups in total. The van der Waals surface area contributed by atoms with Gasteiger partial charge in [-0.15, -0.1) is 0 Å². The summed E-state index contributed by atoms with van der Waals surface area (Å²) >= 11 is 0. The number of aromatic amines is 1. The van der Waals surface area contributed by atoms with E-state index in [0.29, 0.717) is 22.3 Å². The van der Waals surface area contributed by atoms with Crippen molar-refractivity contribution < 1.29 is 4.39 Å². The van der Waals surface area contributed by atoms with E-state index in [1.807, 2.05) is 0 Å². The Bertz CT molecular complexity index is 692. The number of nitrogen functional groups attached to an aromatic ring is 1. The Hall–Kier alpha value is -2.57. The van der Waals surface area contributed by atoms with Crippen molar-refractivity contribution >= 4 is 17.0 Å². The molecular formula is C10H7FN6. The predicted octanol–water partition coefficient (Wildman–Crippen LogP) is 1.14. The first-order valence-electron chi connectivity index (χ1n) is 4.81. The van der Waals surface area contributed by atoms with Crippen molar-refractivity contribution in [3.8, 4) is 11.3 Å². The Labute approximate surface area is 94.7 Å². The summed E-state index contributed by atoms with van der Waals surface area (Å²) in [5.41, 5.74) is 7.13. The fourth-order valence-electron chi connectivity index (χ4n) is 1.61. The molecule has 6 nitrogen and oxygen atoms in total. The summed E-state index contributed by atoms with van der Waals surface area (Å²) in [5.74, 6) is -0.336. The summed E-state index contributed by atoms with van der Waals surface area (Å²) in [6, 6.07) is 1.33. The second-order valence-corrected chi connectivity index (χ2v) is 3.45. The summed E-state index contributed by atoms with van der Waals surface area (Å²) in [5, 5.41) is 7.22. The summed E-state index contributed by atoms with van der Waals surface area (Å²) in [7, 11) is 0. The molecule has 0 fully saturated rings. The fourth-order valence-corrected chi connectivity index (χ4v) is 1.61. The van der Waals surface area contributed by atoms with Crippen molar-refractivity contribution in [1.29, 1.82) is 0 Å². The number of halogens is 1. The lowest BCUT2D eigenvalue weighted by molar-refractivity contribution is 0.622. The molecule has 3 aromatic heterocycles. The molecule has 3 heterocycles. The van der Waals surface area contributed by atoms with Gasteiger partial charge in [0.2, 0.25) is 5.95 Å². The fraction of sp³-hybridized carbons (Fsp3) is 0. The quantitative estimate of drug-likeness (QED) is 0.653. The van der Waals surface area contributed by atoms with E-state index in [0.717, 1.165) is 6.20 Å². The van der Waals surface area contributed by atoms with Gasteiger partial charge in [0.25, 0.3) is 0 Å². The summed E-state index contributed by atoms with van der Waals surface area (Å²) < 4.78 is 13.1. The molecule has 0 radical (unpaired) electrons. The number of nitrogens with one attached hydrogen (secondary N) is 1. The Balaban J connectivity index is 2.32. The van der Waals surface area contributed by atoms with E-state index in [2.05, 4.69) is 25.1 Å². The molecule has 0 aromatic carbocycles. The van der Waals surface area contributed by atoms with Gasteiger partial charge in [0.15, 0.2) is 5.65 Å². The van der Waals surface area contributed by atoms with Gasteiger partial charge in [-0.05, 0) is 6.07 Å². The number of hydrogen-bond donors (Lipinski definition) is 2. The molecule has 0 aliphatic carbocycles. The largest absolute Gasteiger partial charge is 0.368 e. The lowest BCUT2D eigenvalue weighted by Crippen LogP contribution is -1.97. The number of pyridine rings is 1. The number of H-pyrrole nitrogens is 1. The van der Waals surface area contributed by atoms with Crippen LogP contribution in [0.3, 0.4) is 0 Å². The van der Waals surface area contributed by atoms with Gasteiger partial charge in [0.05, 0.1) is 23.5 Å². The van der Waals surface area contributed by atoms with E-state index in [4.69, 9.17) is 5.73 Å². The maximum atomic E-state index is 13.1. The van der Waals surface area contributed by atoms with Gasteiger partial charge in [0, 0.05) is 11.8 Å². The van der Waals surface area contributed by atoms with Crippen molar-refractivity contribution in [2.75, 3.05) is 5.73 Å². The molecule has 0 amide bonds. The van der Waals surface area contributed by atoms with E-state index in [9.17, 15) is 4.39 Å². The molecule has 0 atom stereocenters. The Morgan fingerprint density at radius 3 is 2.88 bits per heavy atom. The first kappa shape index (κ1) is 9.64. The zero-order valence-electron chi connectivity index (χ0n) is 8.55. The first-order chi connectivity index (χ1) is 8.24. The van der Waals surface area contributed by atoms with Crippen molar-refractivity contribution in [3.63, 3.8) is 0 Å². The van der Waals surface area contributed by atoms with E-state index in [-0.39, 0.29) is 5.95 Å². The SMILES string of the molecule is Nc1nc(-c2cncc(F)c2)c2cn[nH]c2n1. The molecule has 3 rings (SSSR count). The highest BCUT2D eigenvalue weighted by molar-refractivity contribution is 5.90. The number of fused-ring (bicyclic) bond motifs is 1. The van der Waals surface area contributed by atoms with Crippen LogP contribution in [-0.4, -0.2) is 25.1 Å². The molecule has 0 saturated carbocycles. The molecule has 0 aliphatic heterocycles. The van der Waals surface area contributed by atoms with Gasteiger partial charge in [-0.2, -0.15) is 10.1 Å². The highest BCUT2D eigenvalue weighted by atomic mass is 19.1. The van der Waals surface area contributed by atoms with Crippen molar-refractivity contribution in [2.45, 2.75) is 0 Å². The normalized spacial score (nSPS) is 10.9. The van der Waals surface area contributed by atoms with Crippen LogP contribution >= 0.6 is 0 Å². The molecule has 84 valence electrons. The summed E-state index contributed by atoms with van der Waals surface area (Å²) in [4.78, 5) is 11.8. The van der Waals surface area contributed by atoms with E-state index in [1.165, 1.54) is 12.3 Å². The first-order valence-corrected chi connectivity index (χ1v) is 4.81. The van der Waals surface area contributed by atoms with Crippen LogP contribution in [0, 0.1) is 5.82 Å². The van der Waals surface area contributed by atoms with Crippen molar-refractivity contribution in [2.24, 2.45) is 0 Å². The lowest BCUT2D eigenvalue weighted by Gasteiger charge is -2.02. The molecule has 0 unspecified atom stereocenters. The number of anilines is 1. The average Bonchev–Trinajstić information content (AvgIpc) is 2.75. The van der Waals surface area contributed by atoms with Crippen LogP contribution in [0.1, 0.15) is 0 Å². The minimum absolute atomic E-state index is 0.0982. The van der Waals surface area contributed by atoms with Gasteiger partial charge in [-0.25, -0.2) is 9.37 Å². The lowest BCUT2D eigenvalue weighted by atomic mass is 10.1. The standard InChI is InChI=1S/C10H7FN6/c11-6-1-5(2-13-3-6)8-7-4-14-17-9(7)16-10(12)15-8/h1-4H,(H3,12,14,15,16,17). The summed E-state index contributed by atoms with van der Waals surface area (Å²) in [6.45, 7) is 0. The number of aromatic nitrogens is 5. The highest BCUT2D eigenvalue weighted by Crippen LogP contribution is 2.25. The van der Waals surface area contributed by atoms with Gasteiger partial charge in [0.1, 0.15) is 5.82 Å². The van der Waals surface area contributed by atoms with Crippen LogP contribution in [0.4, 0.5) is 10.3 Å². The molecule has 0 spiro atoms. The van der Waals surface area contributed by atoms with Gasteiger partial charge in [-0.1, -0.05) is 0 Å². The molecule has 0 aliphatic rings. The Morgan fingerprint density at radius 1 is 1.18 bits per heavy atom. The topological polar surface area (TPSA) is 93.4 Å². The van der Waals surface area contributed by atoms with Crippen molar-refractivity contribution in [1.82, 2.24) is 25.1 Å². The van der Waals surface area contributed by atoms with Crippen LogP contribution in [0.15, 0.2) is 24.7 Å². The third-order valence-corrected chi connectivity index (χ3v) is 2.31. The maximum absolute atomic E-state index is 13.1. The highest BCUT2D eigenvalue weighted by Gasteiger charge is 2.10. The van der Waals surface area contributed by atoms with E-state index < -0.39 is 5.82 Å². The van der Waals surface area contributed by atoms with Gasteiger partial charge >= 0.3 is 0 Å². The van der Waals surface area contributed by atoms with Crippen LogP contribution in [-0.2, 0) is 0 Å². The smallest absolute Gasteiger partial charge is 0.222 e. The maximum Gasteiger partial charge on any atom is 0.222 e. The molecular weight excluding hydrogens is 223 g/mol. The number of nitrogens with two attached hydrogens (primary N) is 1. The summed E-state index contributed by atoms with van der Waals surface area (Å²) in [6.07, 6.45) is 4.20. The average molecular weight is 230 g/mol. The number of hydrogen-bond acceptors (Lipinski definition) is 5. The molecule has 0 bridgehead atoms. The van der Waals surface area contributed by atoms with Gasteiger partial charge < -0.3 is 5.73 Å². The van der Waals surface area contributed by atoms with Crippen LogP contribution in [0.5, 0.6) is 0 Å². The minimum Gasteiger partial charge on any atom is -0.368 e. The zero-order chi connectivity index (χ0) is 11.8. The second kappa shape index (κ2) is 3.48. The monoisotopic (exact) mass is 230 g/mol. The number of nitrogens with zero attached hydrogens (tertiary/aromatic N) is 4. The Morgan fingerprint density at radius 2 is 2.06 bits per heavy atom. The predicted molar refractivity (Wildman–Crippen MR) is 59.3 cm³/mol. The van der Waals surface area contributed by atoms with E-state index in [1.54, 1.807) is 6.20 Å². The molecule has 0 saturated heterocycles. The molecule has 3 aromatic rings. The van der Waals surface area contributed by atoms with E-state index >= 15 is 0 Å². The Kier molecular flexibility index (Phi) is 1.97. The third kappa shape index (κ3) is 1.57. The number of rotatable bonds is 1. The zero-order valence-corrected chi connectivity index (χ0v) is 8.55. The van der Waals surface area contributed by atoms with Crippen LogP contribution in [0.25, 0.3) is 22.3 Å². The second-order valence-electron chi connectivity index (χ2n) is 3.45.